The molecule has 0 saturated heterocycles. The Labute approximate surface area is 105 Å². The average Bonchev–Trinajstić information content (AvgIpc) is 2.28. The molecule has 0 bridgehead atoms. The molecule has 3 nitrogen and oxygen atoms in total. The molecular weight excluding hydrogens is 272 g/mol. The van der Waals surface area contributed by atoms with Gasteiger partial charge < -0.3 is 14.6 Å². The summed E-state index contributed by atoms with van der Waals surface area (Å²) >= 11 is 3.36. The normalized spacial score (nSPS) is 12.5. The van der Waals surface area contributed by atoms with Crippen LogP contribution in [0.2, 0.25) is 0 Å². The van der Waals surface area contributed by atoms with E-state index in [0.29, 0.717) is 6.61 Å². The molecule has 0 radical (unpaired) electrons. The van der Waals surface area contributed by atoms with Crippen LogP contribution in [-0.2, 0) is 11.3 Å². The molecule has 0 aliphatic rings. The van der Waals surface area contributed by atoms with Gasteiger partial charge in [-0.05, 0) is 25.1 Å². The SMILES string of the molecule is COCCC(C)Oc1ccc(Br)cc1CO. The highest BCUT2D eigenvalue weighted by atomic mass is 79.9. The van der Waals surface area contributed by atoms with Crippen molar-refractivity contribution in [1.82, 2.24) is 0 Å². The zero-order valence-electron chi connectivity index (χ0n) is 9.57. The third-order valence-electron chi connectivity index (χ3n) is 2.25. The van der Waals surface area contributed by atoms with Crippen LogP contribution in [0.3, 0.4) is 0 Å². The van der Waals surface area contributed by atoms with Gasteiger partial charge in [-0.1, -0.05) is 15.9 Å². The summed E-state index contributed by atoms with van der Waals surface area (Å²) < 4.78 is 11.7. The van der Waals surface area contributed by atoms with Gasteiger partial charge in [0.2, 0.25) is 0 Å². The van der Waals surface area contributed by atoms with E-state index < -0.39 is 0 Å². The summed E-state index contributed by atoms with van der Waals surface area (Å²) in [5, 5.41) is 9.21. The van der Waals surface area contributed by atoms with Crippen molar-refractivity contribution in [2.45, 2.75) is 26.1 Å². The van der Waals surface area contributed by atoms with Gasteiger partial charge in [-0.15, -0.1) is 0 Å². The maximum absolute atomic E-state index is 9.21. The molecule has 16 heavy (non-hydrogen) atoms. The molecule has 1 atom stereocenters. The van der Waals surface area contributed by atoms with Crippen molar-refractivity contribution >= 4 is 15.9 Å². The molecule has 4 heteroatoms. The van der Waals surface area contributed by atoms with Gasteiger partial charge in [0.25, 0.3) is 0 Å². The van der Waals surface area contributed by atoms with Gasteiger partial charge in [0.15, 0.2) is 0 Å². The zero-order valence-corrected chi connectivity index (χ0v) is 11.2. The van der Waals surface area contributed by atoms with E-state index in [4.69, 9.17) is 9.47 Å². The van der Waals surface area contributed by atoms with Gasteiger partial charge >= 0.3 is 0 Å². The number of methoxy groups -OCH3 is 1. The number of halogens is 1. The summed E-state index contributed by atoms with van der Waals surface area (Å²) in [5.74, 6) is 0.731. The molecule has 1 aromatic rings. The molecule has 0 aromatic heterocycles. The molecule has 0 aliphatic heterocycles. The Morgan fingerprint density at radius 2 is 2.19 bits per heavy atom. The molecule has 0 aliphatic carbocycles. The van der Waals surface area contributed by atoms with Crippen molar-refractivity contribution in [3.05, 3.63) is 28.2 Å². The number of ether oxygens (including phenoxy) is 2. The number of rotatable bonds is 6. The van der Waals surface area contributed by atoms with E-state index >= 15 is 0 Å². The average molecular weight is 289 g/mol. The van der Waals surface area contributed by atoms with Crippen molar-refractivity contribution in [3.8, 4) is 5.75 Å². The number of aliphatic hydroxyl groups excluding tert-OH is 1. The van der Waals surface area contributed by atoms with E-state index in [-0.39, 0.29) is 12.7 Å². The topological polar surface area (TPSA) is 38.7 Å². The summed E-state index contributed by atoms with van der Waals surface area (Å²) in [6, 6.07) is 5.62. The summed E-state index contributed by atoms with van der Waals surface area (Å²) in [7, 11) is 1.67. The Kier molecular flexibility index (Phi) is 5.80. The van der Waals surface area contributed by atoms with E-state index in [1.54, 1.807) is 7.11 Å². The molecule has 1 unspecified atom stereocenters. The van der Waals surface area contributed by atoms with Crippen LogP contribution in [0.15, 0.2) is 22.7 Å². The minimum Gasteiger partial charge on any atom is -0.490 e. The summed E-state index contributed by atoms with van der Waals surface area (Å²) in [6.45, 7) is 2.64. The number of aliphatic hydroxyl groups is 1. The van der Waals surface area contributed by atoms with Crippen LogP contribution in [0.5, 0.6) is 5.75 Å². The van der Waals surface area contributed by atoms with E-state index in [1.807, 2.05) is 25.1 Å². The lowest BCUT2D eigenvalue weighted by Crippen LogP contribution is -2.15. The predicted molar refractivity (Wildman–Crippen MR) is 66.6 cm³/mol. The van der Waals surface area contributed by atoms with E-state index in [1.165, 1.54) is 0 Å². The van der Waals surface area contributed by atoms with Crippen LogP contribution in [0.4, 0.5) is 0 Å². The maximum Gasteiger partial charge on any atom is 0.125 e. The largest absolute Gasteiger partial charge is 0.490 e. The van der Waals surface area contributed by atoms with E-state index in [2.05, 4.69) is 15.9 Å². The van der Waals surface area contributed by atoms with Crippen molar-refractivity contribution in [3.63, 3.8) is 0 Å². The second-order valence-corrected chi connectivity index (χ2v) is 4.54. The number of benzene rings is 1. The minimum absolute atomic E-state index is 0.0221. The first-order valence-electron chi connectivity index (χ1n) is 5.22. The van der Waals surface area contributed by atoms with Crippen LogP contribution in [0.25, 0.3) is 0 Å². The fraction of sp³-hybridized carbons (Fsp3) is 0.500. The first kappa shape index (κ1) is 13.5. The summed E-state index contributed by atoms with van der Waals surface area (Å²) in [4.78, 5) is 0. The number of hydrogen-bond donors (Lipinski definition) is 1. The quantitative estimate of drug-likeness (QED) is 0.875. The van der Waals surface area contributed by atoms with Crippen LogP contribution in [0, 0.1) is 0 Å². The van der Waals surface area contributed by atoms with Gasteiger partial charge in [0.1, 0.15) is 5.75 Å². The Morgan fingerprint density at radius 1 is 1.44 bits per heavy atom. The molecular formula is C12H17BrO3. The van der Waals surface area contributed by atoms with Gasteiger partial charge in [-0.2, -0.15) is 0 Å². The second-order valence-electron chi connectivity index (χ2n) is 3.62. The molecule has 1 rings (SSSR count). The minimum atomic E-state index is -0.0221. The first-order chi connectivity index (χ1) is 7.67. The highest BCUT2D eigenvalue weighted by Crippen LogP contribution is 2.24. The first-order valence-corrected chi connectivity index (χ1v) is 6.01. The molecule has 0 saturated carbocycles. The molecule has 0 heterocycles. The van der Waals surface area contributed by atoms with Crippen LogP contribution in [-0.4, -0.2) is 24.9 Å². The molecule has 0 fully saturated rings. The third-order valence-corrected chi connectivity index (χ3v) is 2.74. The molecule has 0 amide bonds. The van der Waals surface area contributed by atoms with Crippen LogP contribution >= 0.6 is 15.9 Å². The molecule has 0 spiro atoms. The predicted octanol–water partition coefficient (Wildman–Crippen LogP) is 2.75. The second kappa shape index (κ2) is 6.89. The van der Waals surface area contributed by atoms with Gasteiger partial charge in [-0.3, -0.25) is 0 Å². The standard InChI is InChI=1S/C12H17BrO3/c1-9(5-6-15-2)16-12-4-3-11(13)7-10(12)8-14/h3-4,7,9,14H,5-6,8H2,1-2H3. The van der Waals surface area contributed by atoms with Crippen LogP contribution in [0.1, 0.15) is 18.9 Å². The fourth-order valence-corrected chi connectivity index (χ4v) is 1.75. The third kappa shape index (κ3) is 4.12. The van der Waals surface area contributed by atoms with Gasteiger partial charge in [-0.25, -0.2) is 0 Å². The summed E-state index contributed by atoms with van der Waals surface area (Å²) in [5.41, 5.74) is 0.790. The lowest BCUT2D eigenvalue weighted by atomic mass is 10.2. The lowest BCUT2D eigenvalue weighted by Gasteiger charge is -2.16. The van der Waals surface area contributed by atoms with Crippen molar-refractivity contribution in [2.75, 3.05) is 13.7 Å². The zero-order chi connectivity index (χ0) is 12.0. The van der Waals surface area contributed by atoms with E-state index in [9.17, 15) is 5.11 Å². The van der Waals surface area contributed by atoms with Crippen LogP contribution < -0.4 is 4.74 Å². The maximum atomic E-state index is 9.21. The summed E-state index contributed by atoms with van der Waals surface area (Å²) in [6.07, 6.45) is 0.906. The monoisotopic (exact) mass is 288 g/mol. The molecule has 1 aromatic carbocycles. The van der Waals surface area contributed by atoms with E-state index in [0.717, 1.165) is 22.2 Å². The Bertz CT molecular complexity index is 328. The Hall–Kier alpha value is -0.580. The highest BCUT2D eigenvalue weighted by Gasteiger charge is 2.08. The lowest BCUT2D eigenvalue weighted by molar-refractivity contribution is 0.133. The van der Waals surface area contributed by atoms with Gasteiger partial charge in [0.05, 0.1) is 12.7 Å². The van der Waals surface area contributed by atoms with Crippen molar-refractivity contribution < 1.29 is 14.6 Å². The Morgan fingerprint density at radius 3 is 2.81 bits per heavy atom. The Balaban J connectivity index is 2.65. The van der Waals surface area contributed by atoms with Gasteiger partial charge in [0, 0.05) is 30.2 Å². The number of hydrogen-bond acceptors (Lipinski definition) is 3. The highest BCUT2D eigenvalue weighted by molar-refractivity contribution is 9.10. The fourth-order valence-electron chi connectivity index (χ4n) is 1.35. The van der Waals surface area contributed by atoms with Crippen molar-refractivity contribution in [1.29, 1.82) is 0 Å². The molecule has 90 valence electrons. The smallest absolute Gasteiger partial charge is 0.125 e. The van der Waals surface area contributed by atoms with Crippen molar-refractivity contribution in [2.24, 2.45) is 0 Å². The molecule has 1 N–H and O–H groups in total.